The fourth-order valence-corrected chi connectivity index (χ4v) is 3.47. The molecule has 1 aromatic heterocycles. The SMILES string of the molecule is CC(C)n1cc(C(=O)C(=O)NCCN2CCC(F)CC2)c2ccccc21. The third-order valence-corrected chi connectivity index (χ3v) is 4.98. The maximum absolute atomic E-state index is 13.1. The third kappa shape index (κ3) is 3.96. The van der Waals surface area contributed by atoms with Crippen molar-refractivity contribution in [2.45, 2.75) is 38.9 Å². The van der Waals surface area contributed by atoms with E-state index in [9.17, 15) is 14.0 Å². The quantitative estimate of drug-likeness (QED) is 0.637. The molecule has 140 valence electrons. The molecule has 0 atom stereocenters. The Morgan fingerprint density at radius 3 is 2.62 bits per heavy atom. The van der Waals surface area contributed by atoms with Crippen LogP contribution in [0, 0.1) is 0 Å². The highest BCUT2D eigenvalue weighted by atomic mass is 19.1. The number of halogens is 1. The van der Waals surface area contributed by atoms with Crippen molar-refractivity contribution in [1.29, 1.82) is 0 Å². The van der Waals surface area contributed by atoms with Crippen LogP contribution in [0.1, 0.15) is 43.1 Å². The van der Waals surface area contributed by atoms with Gasteiger partial charge in [-0.25, -0.2) is 4.39 Å². The van der Waals surface area contributed by atoms with Crippen LogP contribution in [0.2, 0.25) is 0 Å². The number of likely N-dealkylation sites (tertiary alicyclic amines) is 1. The molecule has 1 N–H and O–H groups in total. The van der Waals surface area contributed by atoms with E-state index in [2.05, 4.69) is 10.2 Å². The minimum Gasteiger partial charge on any atom is -0.348 e. The van der Waals surface area contributed by atoms with Crippen LogP contribution in [0.3, 0.4) is 0 Å². The zero-order chi connectivity index (χ0) is 18.7. The lowest BCUT2D eigenvalue weighted by molar-refractivity contribution is -0.117. The maximum atomic E-state index is 13.1. The number of Topliss-reactive ketones (excluding diaryl/α,β-unsaturated/α-hetero) is 1. The van der Waals surface area contributed by atoms with Gasteiger partial charge < -0.3 is 14.8 Å². The Hall–Kier alpha value is -2.21. The molecule has 0 aliphatic carbocycles. The minimum atomic E-state index is -0.708. The Labute approximate surface area is 153 Å². The molecule has 0 unspecified atom stereocenters. The van der Waals surface area contributed by atoms with E-state index < -0.39 is 17.9 Å². The van der Waals surface area contributed by atoms with E-state index in [1.54, 1.807) is 6.20 Å². The van der Waals surface area contributed by atoms with Gasteiger partial charge in [-0.15, -0.1) is 0 Å². The van der Waals surface area contributed by atoms with Gasteiger partial charge in [0.2, 0.25) is 0 Å². The van der Waals surface area contributed by atoms with E-state index in [1.807, 2.05) is 42.7 Å². The van der Waals surface area contributed by atoms with Crippen molar-refractivity contribution in [1.82, 2.24) is 14.8 Å². The number of amides is 1. The largest absolute Gasteiger partial charge is 0.348 e. The molecule has 0 saturated carbocycles. The monoisotopic (exact) mass is 359 g/mol. The number of piperidine rings is 1. The van der Waals surface area contributed by atoms with Crippen LogP contribution in [-0.4, -0.2) is 53.5 Å². The summed E-state index contributed by atoms with van der Waals surface area (Å²) in [5.74, 6) is -1.10. The van der Waals surface area contributed by atoms with Crippen molar-refractivity contribution in [3.05, 3.63) is 36.0 Å². The van der Waals surface area contributed by atoms with E-state index in [1.165, 1.54) is 0 Å². The summed E-state index contributed by atoms with van der Waals surface area (Å²) in [5.41, 5.74) is 1.39. The van der Waals surface area contributed by atoms with Crippen molar-refractivity contribution in [2.24, 2.45) is 0 Å². The first-order valence-corrected chi connectivity index (χ1v) is 9.26. The predicted octanol–water partition coefficient (Wildman–Crippen LogP) is 2.96. The Morgan fingerprint density at radius 1 is 1.23 bits per heavy atom. The summed E-state index contributed by atoms with van der Waals surface area (Å²) in [5, 5.41) is 3.51. The van der Waals surface area contributed by atoms with E-state index in [0.717, 1.165) is 10.9 Å². The van der Waals surface area contributed by atoms with Crippen LogP contribution in [0.4, 0.5) is 4.39 Å². The molecular weight excluding hydrogens is 333 g/mol. The minimum absolute atomic E-state index is 0.197. The lowest BCUT2D eigenvalue weighted by Crippen LogP contribution is -2.41. The van der Waals surface area contributed by atoms with Crippen LogP contribution < -0.4 is 5.32 Å². The number of nitrogens with zero attached hydrogens (tertiary/aromatic N) is 2. The predicted molar refractivity (Wildman–Crippen MR) is 100 cm³/mol. The molecule has 1 fully saturated rings. The zero-order valence-corrected chi connectivity index (χ0v) is 15.4. The molecule has 3 rings (SSSR count). The fraction of sp³-hybridized carbons (Fsp3) is 0.500. The van der Waals surface area contributed by atoms with Gasteiger partial charge in [0, 0.05) is 49.3 Å². The first kappa shape index (κ1) is 18.6. The molecule has 5 nitrogen and oxygen atoms in total. The summed E-state index contributed by atoms with van der Waals surface area (Å²) in [6.45, 7) is 6.52. The van der Waals surface area contributed by atoms with Crippen molar-refractivity contribution < 1.29 is 14.0 Å². The average Bonchev–Trinajstić information content (AvgIpc) is 3.02. The number of carbonyl (C=O) groups excluding carboxylic acids is 2. The zero-order valence-electron chi connectivity index (χ0n) is 15.4. The molecule has 1 aliphatic rings. The summed E-state index contributed by atoms with van der Waals surface area (Å²) in [6, 6.07) is 7.82. The number of ketones is 1. The van der Waals surface area contributed by atoms with Gasteiger partial charge in [-0.3, -0.25) is 9.59 Å². The molecule has 1 aromatic carbocycles. The summed E-state index contributed by atoms with van der Waals surface area (Å²) < 4.78 is 15.2. The molecule has 6 heteroatoms. The molecule has 0 spiro atoms. The molecule has 0 radical (unpaired) electrons. The first-order valence-electron chi connectivity index (χ1n) is 9.26. The first-order chi connectivity index (χ1) is 12.5. The average molecular weight is 359 g/mol. The second-order valence-corrected chi connectivity index (χ2v) is 7.16. The van der Waals surface area contributed by atoms with E-state index in [-0.39, 0.29) is 6.04 Å². The van der Waals surface area contributed by atoms with Gasteiger partial charge in [-0.2, -0.15) is 0 Å². The Balaban J connectivity index is 1.64. The number of alkyl halides is 1. The molecule has 1 amide bonds. The van der Waals surface area contributed by atoms with Crippen LogP contribution in [0.25, 0.3) is 10.9 Å². The number of para-hydroxylation sites is 1. The van der Waals surface area contributed by atoms with Gasteiger partial charge in [-0.1, -0.05) is 18.2 Å². The fourth-order valence-electron chi connectivity index (χ4n) is 3.47. The third-order valence-electron chi connectivity index (χ3n) is 4.98. The highest BCUT2D eigenvalue weighted by molar-refractivity contribution is 6.45. The summed E-state index contributed by atoms with van der Waals surface area (Å²) in [7, 11) is 0. The smallest absolute Gasteiger partial charge is 0.292 e. The number of hydrogen-bond donors (Lipinski definition) is 1. The number of hydrogen-bond acceptors (Lipinski definition) is 3. The number of fused-ring (bicyclic) bond motifs is 1. The maximum Gasteiger partial charge on any atom is 0.292 e. The van der Waals surface area contributed by atoms with Gasteiger partial charge in [0.05, 0.1) is 5.56 Å². The van der Waals surface area contributed by atoms with E-state index in [4.69, 9.17) is 0 Å². The van der Waals surface area contributed by atoms with Gasteiger partial charge in [0.25, 0.3) is 11.7 Å². The van der Waals surface area contributed by atoms with E-state index in [0.29, 0.717) is 44.6 Å². The molecule has 1 aliphatic heterocycles. The normalized spacial score (nSPS) is 16.3. The number of nitrogens with one attached hydrogen (secondary N) is 1. The number of benzene rings is 1. The molecule has 1 saturated heterocycles. The molecule has 2 aromatic rings. The van der Waals surface area contributed by atoms with Gasteiger partial charge in [0.15, 0.2) is 0 Å². The lowest BCUT2D eigenvalue weighted by Gasteiger charge is -2.28. The lowest BCUT2D eigenvalue weighted by atomic mass is 10.1. The Kier molecular flexibility index (Phi) is 5.71. The standard InChI is InChI=1S/C20H26FN3O2/c1-14(2)24-13-17(16-5-3-4-6-18(16)24)19(25)20(26)22-9-12-23-10-7-15(21)8-11-23/h3-6,13-15H,7-12H2,1-2H3,(H,22,26). The van der Waals surface area contributed by atoms with E-state index >= 15 is 0 Å². The summed E-state index contributed by atoms with van der Waals surface area (Å²) in [4.78, 5) is 27.1. The van der Waals surface area contributed by atoms with Gasteiger partial charge in [0.1, 0.15) is 6.17 Å². The highest BCUT2D eigenvalue weighted by Crippen LogP contribution is 2.25. The van der Waals surface area contributed by atoms with Gasteiger partial charge >= 0.3 is 0 Å². The molecule has 26 heavy (non-hydrogen) atoms. The number of aromatic nitrogens is 1. The number of carbonyl (C=O) groups is 2. The number of rotatable bonds is 6. The van der Waals surface area contributed by atoms with Crippen molar-refractivity contribution >= 4 is 22.6 Å². The van der Waals surface area contributed by atoms with Crippen molar-refractivity contribution in [3.63, 3.8) is 0 Å². The summed E-state index contributed by atoms with van der Waals surface area (Å²) >= 11 is 0. The summed E-state index contributed by atoms with van der Waals surface area (Å²) in [6.07, 6.45) is 2.15. The molecule has 2 heterocycles. The highest BCUT2D eigenvalue weighted by Gasteiger charge is 2.23. The second-order valence-electron chi connectivity index (χ2n) is 7.16. The molecular formula is C20H26FN3O2. The van der Waals surface area contributed by atoms with Crippen LogP contribution in [0.15, 0.2) is 30.5 Å². The van der Waals surface area contributed by atoms with Crippen LogP contribution in [0.5, 0.6) is 0 Å². The van der Waals surface area contributed by atoms with Crippen molar-refractivity contribution in [2.75, 3.05) is 26.2 Å². The molecule has 0 bridgehead atoms. The Bertz CT molecular complexity index is 791. The van der Waals surface area contributed by atoms with Crippen LogP contribution in [-0.2, 0) is 4.79 Å². The van der Waals surface area contributed by atoms with Gasteiger partial charge in [-0.05, 0) is 32.8 Å². The second kappa shape index (κ2) is 7.99. The topological polar surface area (TPSA) is 54.3 Å². The van der Waals surface area contributed by atoms with Crippen molar-refractivity contribution in [3.8, 4) is 0 Å². The van der Waals surface area contributed by atoms with Crippen LogP contribution >= 0.6 is 0 Å². The Morgan fingerprint density at radius 2 is 1.92 bits per heavy atom.